The van der Waals surface area contributed by atoms with Gasteiger partial charge in [0.05, 0.1) is 11.0 Å². The minimum Gasteiger partial charge on any atom is -0.507 e. The van der Waals surface area contributed by atoms with Crippen molar-refractivity contribution in [3.05, 3.63) is 29.8 Å². The van der Waals surface area contributed by atoms with Crippen LogP contribution in [0.25, 0.3) is 0 Å². The van der Waals surface area contributed by atoms with Crippen molar-refractivity contribution in [2.45, 2.75) is 31.6 Å². The van der Waals surface area contributed by atoms with Crippen LogP contribution >= 0.6 is 0 Å². The van der Waals surface area contributed by atoms with E-state index in [2.05, 4.69) is 0 Å². The maximum Gasteiger partial charge on any atom is 0.283 e. The van der Waals surface area contributed by atoms with Gasteiger partial charge in [-0.25, -0.2) is 8.78 Å². The lowest BCUT2D eigenvalue weighted by Crippen LogP contribution is -2.43. The number of phenols is 1. The molecule has 4 heteroatoms. The molecule has 0 unspecified atom stereocenters. The highest BCUT2D eigenvalue weighted by molar-refractivity contribution is 5.37. The molecule has 0 aliphatic heterocycles. The zero-order valence-electron chi connectivity index (χ0n) is 9.63. The first-order chi connectivity index (χ1) is 8.03. The molecule has 3 N–H and O–H groups in total. The Morgan fingerprint density at radius 2 is 1.82 bits per heavy atom. The lowest BCUT2D eigenvalue weighted by molar-refractivity contribution is -0.125. The van der Waals surface area contributed by atoms with E-state index in [0.29, 0.717) is 12.8 Å². The number of halogens is 2. The molecule has 2 rings (SSSR count). The van der Waals surface area contributed by atoms with Crippen LogP contribution in [0.4, 0.5) is 8.78 Å². The third kappa shape index (κ3) is 1.80. The molecular weight excluding hydrogens is 224 g/mol. The maximum absolute atomic E-state index is 14.5. The van der Waals surface area contributed by atoms with E-state index in [1.165, 1.54) is 18.2 Å². The molecular formula is C13H17F2NO. The van der Waals surface area contributed by atoms with Gasteiger partial charge in [-0.3, -0.25) is 0 Å². The predicted octanol–water partition coefficient (Wildman–Crippen LogP) is 3.00. The highest BCUT2D eigenvalue weighted by atomic mass is 19.3. The van der Waals surface area contributed by atoms with Crippen LogP contribution in [0.2, 0.25) is 0 Å². The smallest absolute Gasteiger partial charge is 0.283 e. The fourth-order valence-electron chi connectivity index (χ4n) is 2.72. The van der Waals surface area contributed by atoms with E-state index in [1.807, 2.05) is 0 Å². The third-order valence-corrected chi connectivity index (χ3v) is 3.86. The van der Waals surface area contributed by atoms with Gasteiger partial charge in [-0.15, -0.1) is 0 Å². The molecule has 0 spiro atoms. The fourth-order valence-corrected chi connectivity index (χ4v) is 2.72. The standard InChI is InChI=1S/C13H17F2NO/c14-13(15,10-5-1-2-6-11(10)17)12(9-16)7-3-4-8-12/h1-2,5-6,17H,3-4,7-9,16H2. The summed E-state index contributed by atoms with van der Waals surface area (Å²) in [4.78, 5) is 0. The molecule has 0 amide bonds. The van der Waals surface area contributed by atoms with Gasteiger partial charge in [0.1, 0.15) is 5.75 Å². The average molecular weight is 241 g/mol. The van der Waals surface area contributed by atoms with Crippen LogP contribution < -0.4 is 5.73 Å². The summed E-state index contributed by atoms with van der Waals surface area (Å²) >= 11 is 0. The van der Waals surface area contributed by atoms with Gasteiger partial charge in [0.25, 0.3) is 5.92 Å². The normalized spacial score (nSPS) is 19.5. The quantitative estimate of drug-likeness (QED) is 0.854. The van der Waals surface area contributed by atoms with Gasteiger partial charge in [-0.05, 0) is 25.0 Å². The molecule has 2 nitrogen and oxygen atoms in total. The molecule has 17 heavy (non-hydrogen) atoms. The SMILES string of the molecule is NCC1(C(F)(F)c2ccccc2O)CCCC1. The lowest BCUT2D eigenvalue weighted by atomic mass is 9.76. The monoisotopic (exact) mass is 241 g/mol. The van der Waals surface area contributed by atoms with E-state index in [9.17, 15) is 13.9 Å². The summed E-state index contributed by atoms with van der Waals surface area (Å²) in [6, 6.07) is 5.63. The van der Waals surface area contributed by atoms with Gasteiger partial charge in [-0.1, -0.05) is 25.0 Å². The number of nitrogens with two attached hydrogens (primary N) is 1. The van der Waals surface area contributed by atoms with Crippen LogP contribution in [0, 0.1) is 5.41 Å². The van der Waals surface area contributed by atoms with Crippen molar-refractivity contribution < 1.29 is 13.9 Å². The molecule has 1 aromatic rings. The topological polar surface area (TPSA) is 46.2 Å². The summed E-state index contributed by atoms with van der Waals surface area (Å²) in [5, 5.41) is 9.60. The summed E-state index contributed by atoms with van der Waals surface area (Å²) < 4.78 is 29.1. The second kappa shape index (κ2) is 4.26. The molecule has 1 aliphatic rings. The van der Waals surface area contributed by atoms with Crippen molar-refractivity contribution in [3.63, 3.8) is 0 Å². The largest absolute Gasteiger partial charge is 0.507 e. The Balaban J connectivity index is 2.45. The summed E-state index contributed by atoms with van der Waals surface area (Å²) in [5.74, 6) is -3.42. The summed E-state index contributed by atoms with van der Waals surface area (Å²) in [6.45, 7) is -0.0473. The fraction of sp³-hybridized carbons (Fsp3) is 0.538. The Labute approximate surface area is 99.4 Å². The molecule has 0 atom stereocenters. The predicted molar refractivity (Wildman–Crippen MR) is 62.0 cm³/mol. The molecule has 0 radical (unpaired) electrons. The van der Waals surface area contributed by atoms with E-state index >= 15 is 0 Å². The first kappa shape index (κ1) is 12.3. The van der Waals surface area contributed by atoms with E-state index in [-0.39, 0.29) is 17.9 Å². The summed E-state index contributed by atoms with van der Waals surface area (Å²) in [5.41, 5.74) is 4.09. The Bertz CT molecular complexity index is 400. The van der Waals surface area contributed by atoms with Gasteiger partial charge in [-0.2, -0.15) is 0 Å². The maximum atomic E-state index is 14.5. The number of hydrogen-bond donors (Lipinski definition) is 2. The van der Waals surface area contributed by atoms with Crippen molar-refractivity contribution in [1.29, 1.82) is 0 Å². The van der Waals surface area contributed by atoms with Gasteiger partial charge in [0, 0.05) is 6.54 Å². The van der Waals surface area contributed by atoms with E-state index < -0.39 is 11.3 Å². The lowest BCUT2D eigenvalue weighted by Gasteiger charge is -2.36. The number of benzene rings is 1. The number of alkyl halides is 2. The molecule has 0 heterocycles. The Morgan fingerprint density at radius 3 is 2.35 bits per heavy atom. The highest BCUT2D eigenvalue weighted by Gasteiger charge is 2.55. The molecule has 1 aliphatic carbocycles. The van der Waals surface area contributed by atoms with Gasteiger partial charge in [0.15, 0.2) is 0 Å². The van der Waals surface area contributed by atoms with E-state index in [0.717, 1.165) is 12.8 Å². The molecule has 1 saturated carbocycles. The molecule has 0 aromatic heterocycles. The van der Waals surface area contributed by atoms with Crippen molar-refractivity contribution >= 4 is 0 Å². The Kier molecular flexibility index (Phi) is 3.08. The van der Waals surface area contributed by atoms with Gasteiger partial charge >= 0.3 is 0 Å². The first-order valence-corrected chi connectivity index (χ1v) is 5.90. The molecule has 0 saturated heterocycles. The zero-order valence-corrected chi connectivity index (χ0v) is 9.63. The van der Waals surface area contributed by atoms with Crippen molar-refractivity contribution in [2.75, 3.05) is 6.54 Å². The second-order valence-electron chi connectivity index (χ2n) is 4.78. The second-order valence-corrected chi connectivity index (χ2v) is 4.78. The van der Waals surface area contributed by atoms with Gasteiger partial charge < -0.3 is 10.8 Å². The number of rotatable bonds is 3. The summed E-state index contributed by atoms with van der Waals surface area (Å²) in [7, 11) is 0. The molecule has 1 fully saturated rings. The van der Waals surface area contributed by atoms with Crippen molar-refractivity contribution in [1.82, 2.24) is 0 Å². The van der Waals surface area contributed by atoms with Crippen LogP contribution in [0.5, 0.6) is 5.75 Å². The average Bonchev–Trinajstić information content (AvgIpc) is 2.79. The molecule has 1 aromatic carbocycles. The number of hydrogen-bond acceptors (Lipinski definition) is 2. The van der Waals surface area contributed by atoms with Crippen LogP contribution in [-0.4, -0.2) is 11.7 Å². The highest BCUT2D eigenvalue weighted by Crippen LogP contribution is 2.55. The van der Waals surface area contributed by atoms with Crippen molar-refractivity contribution in [2.24, 2.45) is 11.1 Å². The van der Waals surface area contributed by atoms with Crippen molar-refractivity contribution in [3.8, 4) is 5.75 Å². The van der Waals surface area contributed by atoms with Gasteiger partial charge in [0.2, 0.25) is 0 Å². The Morgan fingerprint density at radius 1 is 1.24 bits per heavy atom. The minimum atomic E-state index is -3.07. The van der Waals surface area contributed by atoms with Crippen LogP contribution in [-0.2, 0) is 5.92 Å². The van der Waals surface area contributed by atoms with Crippen LogP contribution in [0.3, 0.4) is 0 Å². The third-order valence-electron chi connectivity index (χ3n) is 3.86. The number of para-hydroxylation sites is 1. The molecule has 0 bridgehead atoms. The number of aromatic hydroxyl groups is 1. The van der Waals surface area contributed by atoms with E-state index in [1.54, 1.807) is 6.07 Å². The first-order valence-electron chi connectivity index (χ1n) is 5.90. The minimum absolute atomic E-state index is 0.0473. The van der Waals surface area contributed by atoms with Crippen LogP contribution in [0.1, 0.15) is 31.2 Å². The summed E-state index contributed by atoms with van der Waals surface area (Å²) in [6.07, 6.45) is 2.40. The Hall–Kier alpha value is -1.16. The van der Waals surface area contributed by atoms with E-state index in [4.69, 9.17) is 5.73 Å². The number of phenolic OH excluding ortho intramolecular Hbond substituents is 1. The van der Waals surface area contributed by atoms with Crippen LogP contribution in [0.15, 0.2) is 24.3 Å². The zero-order chi connectivity index (χ0) is 12.5. The molecule has 94 valence electrons.